The van der Waals surface area contributed by atoms with E-state index >= 15 is 0 Å². The maximum atomic E-state index is 12.7. The highest BCUT2D eigenvalue weighted by Gasteiger charge is 2.39. The molecule has 1 aliphatic carbocycles. The lowest BCUT2D eigenvalue weighted by atomic mass is 10.0. The molecule has 0 bridgehead atoms. The van der Waals surface area contributed by atoms with Gasteiger partial charge in [0.1, 0.15) is 0 Å². The highest BCUT2D eigenvalue weighted by atomic mass is 32.2. The van der Waals surface area contributed by atoms with E-state index in [2.05, 4.69) is 6.92 Å². The van der Waals surface area contributed by atoms with Gasteiger partial charge in [-0.25, -0.2) is 8.42 Å². The van der Waals surface area contributed by atoms with Crippen molar-refractivity contribution in [3.05, 3.63) is 0 Å². The Bertz CT molecular complexity index is 449. The van der Waals surface area contributed by atoms with Crippen molar-refractivity contribution in [2.75, 3.05) is 18.1 Å². The maximum absolute atomic E-state index is 12.7. The molecule has 0 aromatic heterocycles. The summed E-state index contributed by atoms with van der Waals surface area (Å²) >= 11 is 0. The molecule has 1 aliphatic heterocycles. The van der Waals surface area contributed by atoms with Gasteiger partial charge in [0, 0.05) is 18.6 Å². The van der Waals surface area contributed by atoms with Crippen molar-refractivity contribution < 1.29 is 13.2 Å². The normalized spacial score (nSPS) is 32.4. The molecule has 2 rings (SSSR count). The number of nitrogens with zero attached hydrogens (tertiary/aromatic N) is 1. The van der Waals surface area contributed by atoms with Gasteiger partial charge in [-0.1, -0.05) is 19.8 Å². The first-order valence-electron chi connectivity index (χ1n) is 7.71. The van der Waals surface area contributed by atoms with Gasteiger partial charge in [0.2, 0.25) is 5.91 Å². The Morgan fingerprint density at radius 2 is 2.05 bits per heavy atom. The zero-order valence-electron chi connectivity index (χ0n) is 12.3. The van der Waals surface area contributed by atoms with Crippen LogP contribution in [0.25, 0.3) is 0 Å². The Morgan fingerprint density at radius 1 is 1.30 bits per heavy atom. The third-order valence-corrected chi connectivity index (χ3v) is 6.32. The van der Waals surface area contributed by atoms with E-state index in [4.69, 9.17) is 5.73 Å². The van der Waals surface area contributed by atoms with Gasteiger partial charge >= 0.3 is 0 Å². The van der Waals surface area contributed by atoms with Gasteiger partial charge in [-0.2, -0.15) is 0 Å². The molecule has 0 aromatic rings. The van der Waals surface area contributed by atoms with Gasteiger partial charge in [-0.15, -0.1) is 0 Å². The number of nitrogens with two attached hydrogens (primary N) is 1. The van der Waals surface area contributed by atoms with E-state index in [0.717, 1.165) is 32.1 Å². The smallest absolute Gasteiger partial charge is 0.227 e. The number of rotatable bonds is 5. The van der Waals surface area contributed by atoms with Crippen molar-refractivity contribution >= 4 is 15.7 Å². The molecule has 5 nitrogen and oxygen atoms in total. The third-order valence-electron chi connectivity index (χ3n) is 4.57. The first-order chi connectivity index (χ1) is 9.44. The van der Waals surface area contributed by atoms with E-state index < -0.39 is 9.84 Å². The average molecular weight is 302 g/mol. The number of carbonyl (C=O) groups is 1. The number of sulfone groups is 1. The molecule has 1 saturated carbocycles. The molecular weight excluding hydrogens is 276 g/mol. The Kier molecular flexibility index (Phi) is 5.07. The van der Waals surface area contributed by atoms with Crippen LogP contribution in [0.3, 0.4) is 0 Å². The molecule has 0 aromatic carbocycles. The fourth-order valence-electron chi connectivity index (χ4n) is 3.33. The van der Waals surface area contributed by atoms with Gasteiger partial charge in [-0.3, -0.25) is 4.79 Å². The largest absolute Gasteiger partial charge is 0.338 e. The molecule has 2 fully saturated rings. The van der Waals surface area contributed by atoms with Gasteiger partial charge in [0.05, 0.1) is 17.4 Å². The molecule has 20 heavy (non-hydrogen) atoms. The molecule has 0 radical (unpaired) electrons. The lowest BCUT2D eigenvalue weighted by Crippen LogP contribution is -2.47. The summed E-state index contributed by atoms with van der Waals surface area (Å²) in [6.45, 7) is 2.74. The maximum Gasteiger partial charge on any atom is 0.227 e. The quantitative estimate of drug-likeness (QED) is 0.819. The first-order valence-corrected chi connectivity index (χ1v) is 9.53. The van der Waals surface area contributed by atoms with Crippen LogP contribution in [-0.2, 0) is 14.6 Å². The highest BCUT2D eigenvalue weighted by molar-refractivity contribution is 7.91. The zero-order valence-corrected chi connectivity index (χ0v) is 13.1. The molecule has 116 valence electrons. The Hall–Kier alpha value is -0.620. The van der Waals surface area contributed by atoms with Gasteiger partial charge in [-0.05, 0) is 25.7 Å². The predicted molar refractivity (Wildman–Crippen MR) is 79.0 cm³/mol. The third kappa shape index (κ3) is 3.52. The van der Waals surface area contributed by atoms with Crippen molar-refractivity contribution in [1.82, 2.24) is 4.90 Å². The number of hydrogen-bond donors (Lipinski definition) is 1. The lowest BCUT2D eigenvalue weighted by molar-refractivity contribution is -0.137. The second-order valence-electron chi connectivity index (χ2n) is 6.14. The predicted octanol–water partition coefficient (Wildman–Crippen LogP) is 0.930. The molecule has 1 amide bonds. The van der Waals surface area contributed by atoms with Crippen molar-refractivity contribution in [2.24, 2.45) is 11.7 Å². The van der Waals surface area contributed by atoms with Crippen LogP contribution in [0.5, 0.6) is 0 Å². The minimum absolute atomic E-state index is 0.0513. The average Bonchev–Trinajstić information content (AvgIpc) is 2.95. The van der Waals surface area contributed by atoms with Gasteiger partial charge < -0.3 is 10.6 Å². The second kappa shape index (κ2) is 6.43. The number of carbonyl (C=O) groups excluding carboxylic acids is 1. The number of amides is 1. The van der Waals surface area contributed by atoms with E-state index in [-0.39, 0.29) is 35.4 Å². The lowest BCUT2D eigenvalue weighted by Gasteiger charge is -2.32. The first kappa shape index (κ1) is 15.8. The van der Waals surface area contributed by atoms with Gasteiger partial charge in [0.25, 0.3) is 0 Å². The summed E-state index contributed by atoms with van der Waals surface area (Å²) in [5.74, 6) is 0.329. The van der Waals surface area contributed by atoms with Crippen LogP contribution < -0.4 is 5.73 Å². The molecule has 6 heteroatoms. The van der Waals surface area contributed by atoms with Crippen LogP contribution in [0, 0.1) is 5.92 Å². The molecule has 3 atom stereocenters. The fourth-order valence-corrected chi connectivity index (χ4v) is 5.06. The van der Waals surface area contributed by atoms with Crippen molar-refractivity contribution in [3.8, 4) is 0 Å². The summed E-state index contributed by atoms with van der Waals surface area (Å²) in [7, 11) is -2.96. The van der Waals surface area contributed by atoms with Crippen LogP contribution in [0.15, 0.2) is 0 Å². The topological polar surface area (TPSA) is 80.5 Å². The summed E-state index contributed by atoms with van der Waals surface area (Å²) in [5, 5.41) is 0. The monoisotopic (exact) mass is 302 g/mol. The molecule has 2 N–H and O–H groups in total. The summed E-state index contributed by atoms with van der Waals surface area (Å²) in [6, 6.07) is -0.184. The fraction of sp³-hybridized carbons (Fsp3) is 0.929. The Balaban J connectivity index is 2.08. The van der Waals surface area contributed by atoms with E-state index in [9.17, 15) is 13.2 Å². The van der Waals surface area contributed by atoms with Crippen molar-refractivity contribution in [1.29, 1.82) is 0 Å². The molecule has 1 saturated heterocycles. The Morgan fingerprint density at radius 3 is 2.55 bits per heavy atom. The summed E-state index contributed by atoms with van der Waals surface area (Å²) < 4.78 is 23.3. The molecular formula is C14H26N2O3S. The van der Waals surface area contributed by atoms with Crippen LogP contribution in [0.4, 0.5) is 0 Å². The van der Waals surface area contributed by atoms with E-state index in [1.807, 2.05) is 4.90 Å². The van der Waals surface area contributed by atoms with E-state index in [1.54, 1.807) is 0 Å². The SMILES string of the molecule is CCCCN(C(=O)C1CCCC1N)C1CCS(=O)(=O)C1. The van der Waals surface area contributed by atoms with E-state index in [1.165, 1.54) is 0 Å². The summed E-state index contributed by atoms with van der Waals surface area (Å²) in [5.41, 5.74) is 6.03. The number of hydrogen-bond acceptors (Lipinski definition) is 4. The van der Waals surface area contributed by atoms with Crippen LogP contribution >= 0.6 is 0 Å². The minimum atomic E-state index is -2.96. The van der Waals surface area contributed by atoms with Crippen LogP contribution in [0.1, 0.15) is 45.4 Å². The zero-order chi connectivity index (χ0) is 14.8. The molecule has 3 unspecified atom stereocenters. The molecule has 2 aliphatic rings. The van der Waals surface area contributed by atoms with Crippen molar-refractivity contribution in [2.45, 2.75) is 57.5 Å². The van der Waals surface area contributed by atoms with Crippen LogP contribution in [0.2, 0.25) is 0 Å². The Labute approximate surface area is 121 Å². The van der Waals surface area contributed by atoms with E-state index in [0.29, 0.717) is 13.0 Å². The van der Waals surface area contributed by atoms with Crippen molar-refractivity contribution in [3.63, 3.8) is 0 Å². The summed E-state index contributed by atoms with van der Waals surface area (Å²) in [6.07, 6.45) is 5.26. The molecule has 1 heterocycles. The standard InChI is InChI=1S/C14H26N2O3S/c1-2-3-8-16(11-7-9-20(18,19)10-11)14(17)12-5-4-6-13(12)15/h11-13H,2-10,15H2,1H3. The minimum Gasteiger partial charge on any atom is -0.338 e. The molecule has 0 spiro atoms. The number of unbranched alkanes of at least 4 members (excludes halogenated alkanes) is 1. The van der Waals surface area contributed by atoms with Crippen LogP contribution in [-0.4, -0.2) is 49.4 Å². The highest BCUT2D eigenvalue weighted by Crippen LogP contribution is 2.28. The summed E-state index contributed by atoms with van der Waals surface area (Å²) in [4.78, 5) is 14.5. The van der Waals surface area contributed by atoms with Gasteiger partial charge in [0.15, 0.2) is 9.84 Å². The second-order valence-corrected chi connectivity index (χ2v) is 8.37.